The van der Waals surface area contributed by atoms with Crippen molar-refractivity contribution in [3.05, 3.63) is 12.3 Å². The number of hydrazine groups is 1. The fourth-order valence-electron chi connectivity index (χ4n) is 1.72. The van der Waals surface area contributed by atoms with Crippen LogP contribution in [-0.2, 0) is 4.79 Å². The minimum atomic E-state index is 0.0230. The average molecular weight is 322 g/mol. The molecular weight excluding hydrogens is 303 g/mol. The zero-order chi connectivity index (χ0) is 11.6. The molecule has 1 fully saturated rings. The number of hydrogen-bond donors (Lipinski definition) is 0. The molecule has 0 aromatic carbocycles. The number of hydrogen-bond acceptors (Lipinski definition) is 3. The first-order chi connectivity index (χ1) is 6.95. The maximum atomic E-state index is 11.4. The Bertz CT molecular complexity index is 265. The van der Waals surface area contributed by atoms with E-state index in [-0.39, 0.29) is 11.8 Å². The highest BCUT2D eigenvalue weighted by Gasteiger charge is 2.31. The van der Waals surface area contributed by atoms with Gasteiger partial charge in [0.15, 0.2) is 0 Å². The first kappa shape index (κ1) is 13.0. The van der Waals surface area contributed by atoms with E-state index in [2.05, 4.69) is 48.3 Å². The lowest BCUT2D eigenvalue weighted by Crippen LogP contribution is -2.49. The molecule has 1 atom stereocenters. The molecule has 0 spiro atoms. The fourth-order valence-corrected chi connectivity index (χ4v) is 2.89. The number of halogens is 1. The van der Waals surface area contributed by atoms with Gasteiger partial charge in [0.25, 0.3) is 0 Å². The van der Waals surface area contributed by atoms with Gasteiger partial charge < -0.3 is 5.01 Å². The number of allylic oxidation sites excluding steroid dienone is 1. The minimum absolute atomic E-state index is 0.0230. The summed E-state index contributed by atoms with van der Waals surface area (Å²) in [6, 6.07) is 0.0230. The van der Waals surface area contributed by atoms with E-state index >= 15 is 0 Å². The Morgan fingerprint density at radius 2 is 2.13 bits per heavy atom. The van der Waals surface area contributed by atoms with E-state index in [9.17, 15) is 4.79 Å². The largest absolute Gasteiger partial charge is 0.301 e. The molecule has 4 heteroatoms. The molecule has 0 amide bonds. The van der Waals surface area contributed by atoms with Gasteiger partial charge in [-0.3, -0.25) is 4.79 Å². The second-order valence-corrected chi connectivity index (χ2v) is 5.32. The molecule has 1 saturated heterocycles. The van der Waals surface area contributed by atoms with Gasteiger partial charge in [0.1, 0.15) is 5.78 Å². The van der Waals surface area contributed by atoms with E-state index in [1.165, 1.54) is 0 Å². The lowest BCUT2D eigenvalue weighted by Gasteiger charge is -2.42. The van der Waals surface area contributed by atoms with Crippen molar-refractivity contribution >= 4 is 28.6 Å². The Morgan fingerprint density at radius 1 is 1.53 bits per heavy atom. The van der Waals surface area contributed by atoms with E-state index in [1.807, 2.05) is 3.22 Å². The summed E-state index contributed by atoms with van der Waals surface area (Å²) in [5.41, 5.74) is 1.09. The summed E-state index contributed by atoms with van der Waals surface area (Å²) < 4.78 is 2.02. The Balaban J connectivity index is 2.74. The van der Waals surface area contributed by atoms with E-state index < -0.39 is 0 Å². The van der Waals surface area contributed by atoms with Crippen LogP contribution in [0, 0.1) is 5.92 Å². The second-order valence-electron chi connectivity index (χ2n) is 4.33. The summed E-state index contributed by atoms with van der Waals surface area (Å²) in [5, 5.41) is 2.14. The number of nitrogens with zero attached hydrogens (tertiary/aromatic N) is 2. The van der Waals surface area contributed by atoms with Gasteiger partial charge in [-0.2, -0.15) is 3.22 Å². The van der Waals surface area contributed by atoms with Crippen molar-refractivity contribution in [3.8, 4) is 0 Å². The molecule has 3 nitrogen and oxygen atoms in total. The first-order valence-electron chi connectivity index (χ1n) is 5.37. The van der Waals surface area contributed by atoms with Crippen LogP contribution in [0.4, 0.5) is 0 Å². The lowest BCUT2D eigenvalue weighted by molar-refractivity contribution is -0.124. The third-order valence-corrected chi connectivity index (χ3v) is 4.00. The van der Waals surface area contributed by atoms with Gasteiger partial charge in [-0.15, -0.1) is 0 Å². The standard InChI is InChI=1S/C11H19IN2O/c1-8(2)9(3)13-7-5-6-11(10(4)15)14(13)12/h8,11H,3,5-7H2,1-2,4H3. The number of rotatable bonds is 3. The summed E-state index contributed by atoms with van der Waals surface area (Å²) in [6.45, 7) is 11.0. The summed E-state index contributed by atoms with van der Waals surface area (Å²) in [5.74, 6) is 0.665. The van der Waals surface area contributed by atoms with Gasteiger partial charge in [0, 0.05) is 35.1 Å². The van der Waals surface area contributed by atoms with Crippen LogP contribution in [0.3, 0.4) is 0 Å². The molecule has 0 N–H and O–H groups in total. The molecule has 1 heterocycles. The Morgan fingerprint density at radius 3 is 2.60 bits per heavy atom. The molecule has 0 bridgehead atoms. The van der Waals surface area contributed by atoms with Crippen molar-refractivity contribution in [1.29, 1.82) is 0 Å². The summed E-state index contributed by atoms with van der Waals surface area (Å²) in [6.07, 6.45) is 2.02. The van der Waals surface area contributed by atoms with Crippen LogP contribution in [0.1, 0.15) is 33.6 Å². The lowest BCUT2D eigenvalue weighted by atomic mass is 10.0. The molecule has 1 rings (SSSR count). The van der Waals surface area contributed by atoms with Crippen molar-refractivity contribution < 1.29 is 4.79 Å². The normalized spacial score (nSPS) is 23.3. The molecular formula is C11H19IN2O. The van der Waals surface area contributed by atoms with Crippen molar-refractivity contribution in [1.82, 2.24) is 8.23 Å². The molecule has 1 aliphatic rings. The third-order valence-electron chi connectivity index (χ3n) is 2.80. The molecule has 0 radical (unpaired) electrons. The molecule has 0 aliphatic carbocycles. The van der Waals surface area contributed by atoms with Crippen LogP contribution in [0.25, 0.3) is 0 Å². The predicted molar refractivity (Wildman–Crippen MR) is 70.2 cm³/mol. The second kappa shape index (κ2) is 5.30. The van der Waals surface area contributed by atoms with Crippen LogP contribution in [0.5, 0.6) is 0 Å². The van der Waals surface area contributed by atoms with Crippen LogP contribution in [-0.4, -0.2) is 26.6 Å². The zero-order valence-electron chi connectivity index (χ0n) is 9.66. The Labute approximate surface area is 106 Å². The predicted octanol–water partition coefficient (Wildman–Crippen LogP) is 2.78. The molecule has 15 heavy (non-hydrogen) atoms. The topological polar surface area (TPSA) is 23.6 Å². The minimum Gasteiger partial charge on any atom is -0.301 e. The highest BCUT2D eigenvalue weighted by molar-refractivity contribution is 14.1. The first-order valence-corrected chi connectivity index (χ1v) is 6.33. The molecule has 1 unspecified atom stereocenters. The molecule has 0 aromatic heterocycles. The van der Waals surface area contributed by atoms with Crippen LogP contribution >= 0.6 is 22.9 Å². The van der Waals surface area contributed by atoms with Crippen LogP contribution in [0.15, 0.2) is 12.3 Å². The van der Waals surface area contributed by atoms with Crippen LogP contribution in [0.2, 0.25) is 0 Å². The van der Waals surface area contributed by atoms with Gasteiger partial charge in [-0.1, -0.05) is 20.4 Å². The van der Waals surface area contributed by atoms with Crippen LogP contribution < -0.4 is 0 Å². The van der Waals surface area contributed by atoms with Crippen molar-refractivity contribution in [3.63, 3.8) is 0 Å². The number of ketones is 1. The van der Waals surface area contributed by atoms with Gasteiger partial charge in [-0.25, -0.2) is 0 Å². The maximum absolute atomic E-state index is 11.4. The van der Waals surface area contributed by atoms with Crippen molar-refractivity contribution in [2.45, 2.75) is 39.7 Å². The fraction of sp³-hybridized carbons (Fsp3) is 0.727. The SMILES string of the molecule is C=C(C(C)C)N1CCCC(C(C)=O)N1I. The van der Waals surface area contributed by atoms with Gasteiger partial charge in [0.05, 0.1) is 6.04 Å². The molecule has 1 aliphatic heterocycles. The van der Waals surface area contributed by atoms with E-state index in [4.69, 9.17) is 0 Å². The average Bonchev–Trinajstić information content (AvgIpc) is 2.16. The molecule has 86 valence electrons. The van der Waals surface area contributed by atoms with E-state index in [0.717, 1.165) is 25.1 Å². The summed E-state index contributed by atoms with van der Waals surface area (Å²) in [7, 11) is 0. The highest BCUT2D eigenvalue weighted by Crippen LogP contribution is 2.28. The van der Waals surface area contributed by atoms with E-state index in [0.29, 0.717) is 5.92 Å². The van der Waals surface area contributed by atoms with Gasteiger partial charge >= 0.3 is 0 Å². The van der Waals surface area contributed by atoms with Crippen molar-refractivity contribution in [2.24, 2.45) is 5.92 Å². The number of carbonyl (C=O) groups is 1. The molecule has 0 saturated carbocycles. The van der Waals surface area contributed by atoms with E-state index in [1.54, 1.807) is 6.92 Å². The Hall–Kier alpha value is -0.100. The zero-order valence-corrected chi connectivity index (χ0v) is 11.8. The maximum Gasteiger partial charge on any atom is 0.149 e. The summed E-state index contributed by atoms with van der Waals surface area (Å²) >= 11 is 2.22. The van der Waals surface area contributed by atoms with Crippen molar-refractivity contribution in [2.75, 3.05) is 6.54 Å². The quantitative estimate of drug-likeness (QED) is 0.590. The molecule has 0 aromatic rings. The van der Waals surface area contributed by atoms with Gasteiger partial charge in [-0.05, 0) is 25.7 Å². The highest BCUT2D eigenvalue weighted by atomic mass is 127. The number of carbonyl (C=O) groups excluding carboxylic acids is 1. The Kier molecular flexibility index (Phi) is 4.58. The number of Topliss-reactive ketones (excluding diaryl/α,β-unsaturated/α-hetero) is 1. The monoisotopic (exact) mass is 322 g/mol. The smallest absolute Gasteiger partial charge is 0.149 e. The summed E-state index contributed by atoms with van der Waals surface area (Å²) in [4.78, 5) is 11.4. The third kappa shape index (κ3) is 2.93. The van der Waals surface area contributed by atoms with Gasteiger partial charge in [0.2, 0.25) is 0 Å².